The second-order valence-electron chi connectivity index (χ2n) is 5.33. The van der Waals surface area contributed by atoms with Crippen molar-refractivity contribution in [3.05, 3.63) is 41.7 Å². The number of hydrogen-bond acceptors (Lipinski definition) is 5. The fourth-order valence-corrected chi connectivity index (χ4v) is 2.57. The van der Waals surface area contributed by atoms with Crippen LogP contribution in [0.1, 0.15) is 44.1 Å². The van der Waals surface area contributed by atoms with Crippen LogP contribution < -0.4 is 5.48 Å². The first kappa shape index (κ1) is 16.5. The van der Waals surface area contributed by atoms with Gasteiger partial charge in [-0.3, -0.25) is 14.6 Å². The van der Waals surface area contributed by atoms with Gasteiger partial charge in [0.15, 0.2) is 11.6 Å². The van der Waals surface area contributed by atoms with Crippen molar-refractivity contribution in [1.82, 2.24) is 10.5 Å². The molecule has 1 saturated carbocycles. The van der Waals surface area contributed by atoms with Gasteiger partial charge < -0.3 is 4.84 Å². The topological polar surface area (TPSA) is 68.3 Å². The first-order valence-electron chi connectivity index (χ1n) is 7.73. The maximum Gasteiger partial charge on any atom is 0.166 e. The molecule has 1 aliphatic carbocycles. The van der Waals surface area contributed by atoms with E-state index in [-0.39, 0.29) is 17.5 Å². The molecule has 0 bridgehead atoms. The van der Waals surface area contributed by atoms with E-state index in [0.29, 0.717) is 38.0 Å². The number of nitrogens with zero attached hydrogens (tertiary/aromatic N) is 1. The highest BCUT2D eigenvalue weighted by molar-refractivity contribution is 6.22. The van der Waals surface area contributed by atoms with E-state index in [1.807, 2.05) is 19.1 Å². The molecular weight excluding hydrogens is 280 g/mol. The number of hydroxylamine groups is 1. The molecule has 1 aromatic heterocycles. The van der Waals surface area contributed by atoms with Crippen LogP contribution in [0.5, 0.6) is 0 Å². The molecule has 5 heteroatoms. The summed E-state index contributed by atoms with van der Waals surface area (Å²) < 4.78 is 0. The Balaban J connectivity index is 1.88. The lowest BCUT2D eigenvalue weighted by atomic mass is 9.80. The minimum atomic E-state index is -0.0529. The zero-order chi connectivity index (χ0) is 15.8. The van der Waals surface area contributed by atoms with Gasteiger partial charge in [0.1, 0.15) is 0 Å². The molecule has 1 N–H and O–H groups in total. The molecule has 1 aromatic rings. The van der Waals surface area contributed by atoms with Gasteiger partial charge in [0.2, 0.25) is 0 Å². The number of ketones is 2. The van der Waals surface area contributed by atoms with Gasteiger partial charge in [0.05, 0.1) is 12.2 Å². The molecule has 1 aliphatic rings. The quantitative estimate of drug-likeness (QED) is 0.362. The number of carbonyl (C=O) groups excluding carboxylic acids is 2. The summed E-state index contributed by atoms with van der Waals surface area (Å²) in [5.41, 5.74) is 4.15. The summed E-state index contributed by atoms with van der Waals surface area (Å²) in [6.07, 6.45) is 7.51. The lowest BCUT2D eigenvalue weighted by molar-refractivity contribution is -0.124. The van der Waals surface area contributed by atoms with Crippen LogP contribution in [0.15, 0.2) is 36.2 Å². The van der Waals surface area contributed by atoms with Crippen LogP contribution in [0.3, 0.4) is 0 Å². The lowest BCUT2D eigenvalue weighted by Gasteiger charge is -2.22. The predicted molar refractivity (Wildman–Crippen MR) is 83.2 cm³/mol. The average molecular weight is 302 g/mol. The minimum Gasteiger partial charge on any atom is -0.302 e. The van der Waals surface area contributed by atoms with E-state index in [2.05, 4.69) is 10.5 Å². The third-order valence-electron chi connectivity index (χ3n) is 3.70. The molecular formula is C17H22N2O3. The molecule has 2 rings (SSSR count). The molecule has 0 amide bonds. The summed E-state index contributed by atoms with van der Waals surface area (Å²) in [5.74, 6) is -0.142. The highest BCUT2D eigenvalue weighted by Gasteiger charge is 2.30. The molecule has 1 heterocycles. The van der Waals surface area contributed by atoms with Crippen molar-refractivity contribution in [2.75, 3.05) is 13.2 Å². The number of carbonyl (C=O) groups is 2. The molecule has 0 aliphatic heterocycles. The summed E-state index contributed by atoms with van der Waals surface area (Å²) in [6.45, 7) is 3.24. The number of nitrogens with one attached hydrogen (secondary N) is 1. The maximum atomic E-state index is 12.2. The van der Waals surface area contributed by atoms with E-state index in [9.17, 15) is 9.59 Å². The Kier molecular flexibility index (Phi) is 6.43. The van der Waals surface area contributed by atoms with Gasteiger partial charge in [0.25, 0.3) is 0 Å². The molecule has 22 heavy (non-hydrogen) atoms. The number of unbranched alkanes of at least 4 members (excludes halogenated alkanes) is 1. The number of Topliss-reactive ketones (excluding diaryl/α,β-unsaturated/α-hetero) is 2. The second-order valence-corrected chi connectivity index (χ2v) is 5.33. The van der Waals surface area contributed by atoms with Crippen molar-refractivity contribution in [2.45, 2.75) is 38.5 Å². The Morgan fingerprint density at radius 3 is 2.77 bits per heavy atom. The Hall–Kier alpha value is -1.85. The van der Waals surface area contributed by atoms with Crippen molar-refractivity contribution in [3.8, 4) is 0 Å². The molecule has 5 nitrogen and oxygen atoms in total. The highest BCUT2D eigenvalue weighted by Crippen LogP contribution is 2.31. The van der Waals surface area contributed by atoms with Crippen LogP contribution in [-0.4, -0.2) is 29.7 Å². The first-order chi connectivity index (χ1) is 10.7. The van der Waals surface area contributed by atoms with E-state index in [0.717, 1.165) is 12.0 Å². The predicted octanol–water partition coefficient (Wildman–Crippen LogP) is 2.34. The van der Waals surface area contributed by atoms with Gasteiger partial charge in [-0.2, -0.15) is 0 Å². The fourth-order valence-electron chi connectivity index (χ4n) is 2.57. The minimum absolute atomic E-state index is 0.0366. The van der Waals surface area contributed by atoms with Crippen LogP contribution in [0.25, 0.3) is 0 Å². The smallest absolute Gasteiger partial charge is 0.166 e. The average Bonchev–Trinajstić information content (AvgIpc) is 2.53. The normalized spacial score (nSPS) is 18.6. The van der Waals surface area contributed by atoms with E-state index < -0.39 is 0 Å². The SMILES string of the molecule is CCONCCCC=C1C(=O)CC(c2cccnc2)CC1=O. The Morgan fingerprint density at radius 2 is 2.14 bits per heavy atom. The Bertz CT molecular complexity index is 520. The number of pyridine rings is 1. The zero-order valence-electron chi connectivity index (χ0n) is 12.9. The largest absolute Gasteiger partial charge is 0.302 e. The van der Waals surface area contributed by atoms with Crippen molar-refractivity contribution < 1.29 is 14.4 Å². The van der Waals surface area contributed by atoms with Crippen molar-refractivity contribution in [3.63, 3.8) is 0 Å². The summed E-state index contributed by atoms with van der Waals surface area (Å²) >= 11 is 0. The standard InChI is InChI=1S/C17H22N2O3/c1-2-22-19-9-4-3-7-15-16(20)10-14(11-17(15)21)13-6-5-8-18-12-13/h5-8,12,14,19H,2-4,9-11H2,1H3. The molecule has 1 fully saturated rings. The van der Waals surface area contributed by atoms with Crippen LogP contribution in [0.2, 0.25) is 0 Å². The van der Waals surface area contributed by atoms with Crippen molar-refractivity contribution in [2.24, 2.45) is 0 Å². The van der Waals surface area contributed by atoms with Gasteiger partial charge in [-0.25, -0.2) is 5.48 Å². The number of allylic oxidation sites excluding steroid dienone is 2. The molecule has 0 saturated heterocycles. The molecule has 118 valence electrons. The van der Waals surface area contributed by atoms with Gasteiger partial charge in [-0.05, 0) is 37.3 Å². The molecule has 0 spiro atoms. The third kappa shape index (κ3) is 4.58. The second kappa shape index (κ2) is 8.56. The van der Waals surface area contributed by atoms with E-state index in [4.69, 9.17) is 4.84 Å². The number of hydrogen-bond donors (Lipinski definition) is 1. The summed E-state index contributed by atoms with van der Waals surface area (Å²) in [6, 6.07) is 3.76. The summed E-state index contributed by atoms with van der Waals surface area (Å²) in [4.78, 5) is 33.5. The van der Waals surface area contributed by atoms with E-state index in [1.165, 1.54) is 0 Å². The molecule has 0 aromatic carbocycles. The molecule has 0 unspecified atom stereocenters. The van der Waals surface area contributed by atoms with Crippen LogP contribution >= 0.6 is 0 Å². The summed E-state index contributed by atoms with van der Waals surface area (Å²) in [5, 5.41) is 0. The van der Waals surface area contributed by atoms with Gasteiger partial charge in [0, 0.05) is 31.8 Å². The van der Waals surface area contributed by atoms with Gasteiger partial charge in [-0.15, -0.1) is 0 Å². The first-order valence-corrected chi connectivity index (χ1v) is 7.73. The monoisotopic (exact) mass is 302 g/mol. The van der Waals surface area contributed by atoms with Gasteiger partial charge in [-0.1, -0.05) is 12.1 Å². The Morgan fingerprint density at radius 1 is 1.36 bits per heavy atom. The van der Waals surface area contributed by atoms with Crippen LogP contribution in [0.4, 0.5) is 0 Å². The third-order valence-corrected chi connectivity index (χ3v) is 3.70. The van der Waals surface area contributed by atoms with Crippen LogP contribution in [0, 0.1) is 0 Å². The lowest BCUT2D eigenvalue weighted by Crippen LogP contribution is -2.25. The Labute approximate surface area is 130 Å². The number of rotatable bonds is 7. The summed E-state index contributed by atoms with van der Waals surface area (Å²) in [7, 11) is 0. The number of aromatic nitrogens is 1. The van der Waals surface area contributed by atoms with E-state index in [1.54, 1.807) is 18.5 Å². The van der Waals surface area contributed by atoms with E-state index >= 15 is 0 Å². The van der Waals surface area contributed by atoms with Crippen molar-refractivity contribution in [1.29, 1.82) is 0 Å². The molecule has 0 radical (unpaired) electrons. The highest BCUT2D eigenvalue weighted by atomic mass is 16.6. The maximum absolute atomic E-state index is 12.2. The zero-order valence-corrected chi connectivity index (χ0v) is 12.9. The van der Waals surface area contributed by atoms with Gasteiger partial charge >= 0.3 is 0 Å². The fraction of sp³-hybridized carbons (Fsp3) is 0.471. The molecule has 0 atom stereocenters. The van der Waals surface area contributed by atoms with Crippen molar-refractivity contribution >= 4 is 11.6 Å². The van der Waals surface area contributed by atoms with Crippen LogP contribution in [-0.2, 0) is 14.4 Å².